The lowest BCUT2D eigenvalue weighted by Gasteiger charge is -2.20. The summed E-state index contributed by atoms with van der Waals surface area (Å²) in [4.78, 5) is 16.8. The van der Waals surface area contributed by atoms with Crippen molar-refractivity contribution in [2.45, 2.75) is 37.8 Å². The fourth-order valence-corrected chi connectivity index (χ4v) is 5.75. The van der Waals surface area contributed by atoms with E-state index in [2.05, 4.69) is 10.3 Å². The average molecular weight is 486 g/mol. The van der Waals surface area contributed by atoms with Gasteiger partial charge in [-0.25, -0.2) is 13.4 Å². The summed E-state index contributed by atoms with van der Waals surface area (Å²) < 4.78 is 66.6. The lowest BCUT2D eigenvalue weighted by molar-refractivity contribution is -0.137. The van der Waals surface area contributed by atoms with Crippen molar-refractivity contribution in [1.82, 2.24) is 9.29 Å². The van der Waals surface area contributed by atoms with Crippen LogP contribution in [0.3, 0.4) is 0 Å². The summed E-state index contributed by atoms with van der Waals surface area (Å²) in [6.07, 6.45) is -3.18. The molecule has 2 aromatic carbocycles. The summed E-state index contributed by atoms with van der Waals surface area (Å²) in [6.45, 7) is 4.64. The fourth-order valence-electron chi connectivity index (χ4n) is 3.12. The maximum absolute atomic E-state index is 13.0. The second kappa shape index (κ2) is 9.55. The van der Waals surface area contributed by atoms with E-state index in [1.54, 1.807) is 6.07 Å². The highest BCUT2D eigenvalue weighted by Crippen LogP contribution is 2.31. The molecule has 1 aromatic heterocycles. The molecule has 0 aliphatic rings. The van der Waals surface area contributed by atoms with Crippen molar-refractivity contribution in [3.8, 4) is 0 Å². The minimum Gasteiger partial charge on any atom is -0.298 e. The molecule has 0 aliphatic heterocycles. The van der Waals surface area contributed by atoms with E-state index >= 15 is 0 Å². The number of thiazole rings is 1. The van der Waals surface area contributed by atoms with Crippen molar-refractivity contribution in [2.24, 2.45) is 0 Å². The topological polar surface area (TPSA) is 79.4 Å². The number of nitrogens with zero attached hydrogens (tertiary/aromatic N) is 2. The van der Waals surface area contributed by atoms with Gasteiger partial charge in [-0.15, -0.1) is 0 Å². The summed E-state index contributed by atoms with van der Waals surface area (Å²) in [6, 6.07) is 8.60. The SMILES string of the molecule is CCCN(CCC)S(=O)(=O)c1ccc2nc(NC(=O)c3cccc(C(F)(F)F)c3)sc2c1. The number of anilines is 1. The van der Waals surface area contributed by atoms with Gasteiger partial charge in [0, 0.05) is 18.7 Å². The third-order valence-corrected chi connectivity index (χ3v) is 7.44. The monoisotopic (exact) mass is 485 g/mol. The molecule has 3 aromatic rings. The molecule has 1 amide bonds. The van der Waals surface area contributed by atoms with Gasteiger partial charge in [-0.2, -0.15) is 17.5 Å². The van der Waals surface area contributed by atoms with Crippen molar-refractivity contribution in [2.75, 3.05) is 18.4 Å². The molecule has 1 N–H and O–H groups in total. The Bertz CT molecular complexity index is 1220. The van der Waals surface area contributed by atoms with Gasteiger partial charge in [0.2, 0.25) is 10.0 Å². The molecule has 0 atom stereocenters. The highest BCUT2D eigenvalue weighted by atomic mass is 32.2. The van der Waals surface area contributed by atoms with Gasteiger partial charge in [0.1, 0.15) is 0 Å². The van der Waals surface area contributed by atoms with Crippen LogP contribution in [0.2, 0.25) is 0 Å². The van der Waals surface area contributed by atoms with Crippen LogP contribution >= 0.6 is 11.3 Å². The summed E-state index contributed by atoms with van der Waals surface area (Å²) in [5.74, 6) is -0.736. The third-order valence-electron chi connectivity index (χ3n) is 4.62. The molecule has 6 nitrogen and oxygen atoms in total. The first-order valence-electron chi connectivity index (χ1n) is 9.95. The van der Waals surface area contributed by atoms with Crippen molar-refractivity contribution in [3.05, 3.63) is 53.6 Å². The highest BCUT2D eigenvalue weighted by molar-refractivity contribution is 7.89. The normalized spacial score (nSPS) is 12.4. The number of hydrogen-bond donors (Lipinski definition) is 1. The minimum atomic E-state index is -4.56. The summed E-state index contributed by atoms with van der Waals surface area (Å²) >= 11 is 1.05. The van der Waals surface area contributed by atoms with E-state index in [1.807, 2.05) is 13.8 Å². The van der Waals surface area contributed by atoms with Crippen LogP contribution in [0.4, 0.5) is 18.3 Å². The van der Waals surface area contributed by atoms with Gasteiger partial charge in [-0.05, 0) is 49.2 Å². The number of carbonyl (C=O) groups is 1. The molecule has 0 saturated carbocycles. The van der Waals surface area contributed by atoms with Crippen molar-refractivity contribution < 1.29 is 26.4 Å². The zero-order valence-corrected chi connectivity index (χ0v) is 19.1. The zero-order valence-electron chi connectivity index (χ0n) is 17.4. The number of amides is 1. The number of hydrogen-bond acceptors (Lipinski definition) is 5. The highest BCUT2D eigenvalue weighted by Gasteiger charge is 2.31. The number of nitrogens with one attached hydrogen (secondary N) is 1. The van der Waals surface area contributed by atoms with Gasteiger partial charge in [0.25, 0.3) is 5.91 Å². The van der Waals surface area contributed by atoms with Gasteiger partial charge in [0.05, 0.1) is 20.7 Å². The Labute approximate surface area is 188 Å². The van der Waals surface area contributed by atoms with Crippen molar-refractivity contribution in [3.63, 3.8) is 0 Å². The molecule has 0 unspecified atom stereocenters. The molecule has 0 saturated heterocycles. The Morgan fingerprint density at radius 2 is 1.78 bits per heavy atom. The largest absolute Gasteiger partial charge is 0.416 e. The molecule has 0 radical (unpaired) electrons. The zero-order chi connectivity index (χ0) is 23.5. The van der Waals surface area contributed by atoms with Gasteiger partial charge in [-0.3, -0.25) is 10.1 Å². The van der Waals surface area contributed by atoms with E-state index in [4.69, 9.17) is 0 Å². The number of aromatic nitrogens is 1. The maximum atomic E-state index is 13.0. The van der Waals surface area contributed by atoms with Crippen molar-refractivity contribution in [1.29, 1.82) is 0 Å². The molecule has 3 rings (SSSR count). The van der Waals surface area contributed by atoms with E-state index in [0.717, 1.165) is 29.5 Å². The van der Waals surface area contributed by atoms with Crippen molar-refractivity contribution >= 4 is 42.6 Å². The molecular formula is C21H22F3N3O3S2. The molecule has 0 bridgehead atoms. The molecule has 172 valence electrons. The predicted octanol–water partition coefficient (Wildman–Crippen LogP) is 5.38. The Balaban J connectivity index is 1.86. The predicted molar refractivity (Wildman–Crippen MR) is 118 cm³/mol. The number of fused-ring (bicyclic) bond motifs is 1. The molecule has 11 heteroatoms. The van der Waals surface area contributed by atoms with Crippen LogP contribution in [0.5, 0.6) is 0 Å². The molecule has 32 heavy (non-hydrogen) atoms. The number of rotatable bonds is 8. The fraction of sp³-hybridized carbons (Fsp3) is 0.333. The second-order valence-corrected chi connectivity index (χ2v) is 10.1. The van der Waals surface area contributed by atoms with E-state index < -0.39 is 27.7 Å². The lowest BCUT2D eigenvalue weighted by Crippen LogP contribution is -2.32. The number of sulfonamides is 1. The van der Waals surface area contributed by atoms with Crippen LogP contribution in [0.25, 0.3) is 10.2 Å². The smallest absolute Gasteiger partial charge is 0.298 e. The van der Waals surface area contributed by atoms with Crippen LogP contribution in [-0.4, -0.2) is 36.7 Å². The quantitative estimate of drug-likeness (QED) is 0.465. The van der Waals surface area contributed by atoms with Gasteiger partial charge in [0.15, 0.2) is 5.13 Å². The Kier molecular flexibility index (Phi) is 7.21. The lowest BCUT2D eigenvalue weighted by atomic mass is 10.1. The summed E-state index contributed by atoms with van der Waals surface area (Å²) in [7, 11) is -3.67. The van der Waals surface area contributed by atoms with Crippen LogP contribution in [0, 0.1) is 0 Å². The first-order valence-corrected chi connectivity index (χ1v) is 12.2. The van der Waals surface area contributed by atoms with E-state index in [0.29, 0.717) is 36.1 Å². The molecular weight excluding hydrogens is 463 g/mol. The van der Waals surface area contributed by atoms with Gasteiger partial charge in [-0.1, -0.05) is 31.3 Å². The number of alkyl halides is 3. The average Bonchev–Trinajstić information content (AvgIpc) is 3.14. The van der Waals surface area contributed by atoms with Gasteiger partial charge < -0.3 is 0 Å². The van der Waals surface area contributed by atoms with Crippen LogP contribution in [0.1, 0.15) is 42.6 Å². The Morgan fingerprint density at radius 3 is 2.41 bits per heavy atom. The molecule has 0 spiro atoms. The maximum Gasteiger partial charge on any atom is 0.416 e. The van der Waals surface area contributed by atoms with E-state index in [-0.39, 0.29) is 15.6 Å². The molecule has 0 fully saturated rings. The van der Waals surface area contributed by atoms with Crippen LogP contribution < -0.4 is 5.32 Å². The first-order chi connectivity index (χ1) is 15.1. The van der Waals surface area contributed by atoms with E-state index in [1.165, 1.54) is 22.5 Å². The molecule has 0 aliphatic carbocycles. The third kappa shape index (κ3) is 5.28. The van der Waals surface area contributed by atoms with Gasteiger partial charge >= 0.3 is 6.18 Å². The number of benzene rings is 2. The Hall–Kier alpha value is -2.50. The Morgan fingerprint density at radius 1 is 1.09 bits per heavy atom. The summed E-state index contributed by atoms with van der Waals surface area (Å²) in [5, 5.41) is 2.65. The minimum absolute atomic E-state index is 0.131. The van der Waals surface area contributed by atoms with Crippen LogP contribution in [0.15, 0.2) is 47.4 Å². The second-order valence-electron chi connectivity index (χ2n) is 7.09. The standard InChI is InChI=1S/C21H22F3N3O3S2/c1-3-10-27(11-4-2)32(29,30)16-8-9-17-18(13-16)31-20(25-17)26-19(28)14-6-5-7-15(12-14)21(22,23)24/h5-9,12-13H,3-4,10-11H2,1-2H3,(H,25,26,28). The van der Waals surface area contributed by atoms with E-state index in [9.17, 15) is 26.4 Å². The number of halogens is 3. The molecule has 1 heterocycles. The van der Waals surface area contributed by atoms with Crippen LogP contribution in [-0.2, 0) is 16.2 Å². The first kappa shape index (κ1) is 24.1. The number of carbonyl (C=O) groups excluding carboxylic acids is 1. The summed E-state index contributed by atoms with van der Waals surface area (Å²) in [5.41, 5.74) is -0.601.